The summed E-state index contributed by atoms with van der Waals surface area (Å²) in [5, 5.41) is 16.3. The molecule has 0 amide bonds. The molecule has 7 heteroatoms. The van der Waals surface area contributed by atoms with E-state index in [4.69, 9.17) is 16.6 Å². The van der Waals surface area contributed by atoms with Crippen molar-refractivity contribution >= 4 is 12.2 Å². The van der Waals surface area contributed by atoms with E-state index in [-0.39, 0.29) is 0 Å². The lowest BCUT2D eigenvalue weighted by atomic mass is 10.1. The minimum absolute atomic E-state index is 0.469. The van der Waals surface area contributed by atoms with Crippen molar-refractivity contribution in [2.24, 2.45) is 0 Å². The minimum Gasteiger partial charge on any atom is -0.459 e. The highest BCUT2D eigenvalue weighted by molar-refractivity contribution is 7.71. The highest BCUT2D eigenvalue weighted by Gasteiger charge is 2.07. The number of aliphatic hydroxyl groups is 1. The van der Waals surface area contributed by atoms with Gasteiger partial charge >= 0.3 is 0 Å². The van der Waals surface area contributed by atoms with Crippen molar-refractivity contribution in [1.29, 1.82) is 0 Å². The van der Waals surface area contributed by atoms with E-state index in [1.54, 1.807) is 11.6 Å². The van der Waals surface area contributed by atoms with Crippen molar-refractivity contribution in [2.45, 2.75) is 26.5 Å². The minimum atomic E-state index is -0.469. The topological polar surface area (TPSA) is 79.0 Å². The van der Waals surface area contributed by atoms with E-state index in [1.165, 1.54) is 0 Å². The van der Waals surface area contributed by atoms with E-state index >= 15 is 0 Å². The zero-order chi connectivity index (χ0) is 16.4. The lowest BCUT2D eigenvalue weighted by Gasteiger charge is -2.06. The van der Waals surface area contributed by atoms with Gasteiger partial charge in [-0.1, -0.05) is 24.3 Å². The number of hydrogen-bond donors (Lipinski definition) is 3. The maximum atomic E-state index is 9.54. The second-order valence-corrected chi connectivity index (χ2v) is 5.70. The molecule has 0 aliphatic heterocycles. The van der Waals surface area contributed by atoms with Crippen LogP contribution in [0.2, 0.25) is 0 Å². The Balaban J connectivity index is 1.72. The molecule has 3 aromatic rings. The Bertz CT molecular complexity index is 846. The summed E-state index contributed by atoms with van der Waals surface area (Å²) in [5.41, 5.74) is 5.01. The fraction of sp³-hybridized carbons (Fsp3) is 0.250. The van der Waals surface area contributed by atoms with Gasteiger partial charge in [0.2, 0.25) is 4.77 Å². The van der Waals surface area contributed by atoms with Crippen LogP contribution in [-0.2, 0) is 6.54 Å². The summed E-state index contributed by atoms with van der Waals surface area (Å²) >= 11 is 5.13. The Kier molecular flexibility index (Phi) is 4.31. The molecule has 0 aliphatic rings. The molecule has 0 aliphatic carbocycles. The summed E-state index contributed by atoms with van der Waals surface area (Å²) in [4.78, 5) is 0. The fourth-order valence-electron chi connectivity index (χ4n) is 2.27. The summed E-state index contributed by atoms with van der Waals surface area (Å²) in [7, 11) is 0. The molecule has 6 nitrogen and oxygen atoms in total. The molecule has 1 unspecified atom stereocenters. The lowest BCUT2D eigenvalue weighted by Crippen LogP contribution is -2.15. The van der Waals surface area contributed by atoms with Gasteiger partial charge in [0.15, 0.2) is 0 Å². The molecular formula is C16H18N4O2S. The van der Waals surface area contributed by atoms with E-state index in [9.17, 15) is 5.11 Å². The Hall–Kier alpha value is -2.38. The summed E-state index contributed by atoms with van der Waals surface area (Å²) < 4.78 is 8.07. The van der Waals surface area contributed by atoms with Gasteiger partial charge < -0.3 is 14.9 Å². The average Bonchev–Trinajstić information content (AvgIpc) is 3.13. The molecule has 1 aromatic carbocycles. The first-order valence-electron chi connectivity index (χ1n) is 7.29. The number of aliphatic hydroxyl groups excluding tert-OH is 1. The van der Waals surface area contributed by atoms with Crippen molar-refractivity contribution in [3.63, 3.8) is 0 Å². The second-order valence-electron chi connectivity index (χ2n) is 5.31. The SMILES string of the molecule is Cc1n[nH]c(=S)n1NCc1ccc(-c2ccc(C(C)O)cc2)o1. The average molecular weight is 330 g/mol. The van der Waals surface area contributed by atoms with Crippen molar-refractivity contribution in [2.75, 3.05) is 5.43 Å². The number of H-pyrrole nitrogens is 1. The maximum Gasteiger partial charge on any atom is 0.214 e. The molecule has 0 saturated heterocycles. The van der Waals surface area contributed by atoms with E-state index < -0.39 is 6.10 Å². The van der Waals surface area contributed by atoms with Crippen LogP contribution in [0, 0.1) is 11.7 Å². The predicted octanol–water partition coefficient (Wildman–Crippen LogP) is 3.31. The molecule has 2 heterocycles. The predicted molar refractivity (Wildman–Crippen MR) is 90.0 cm³/mol. The standard InChI is InChI=1S/C16H18N4O2S/c1-10(21)12-3-5-13(6-4-12)15-8-7-14(22-15)9-17-20-11(2)18-19-16(20)23/h3-8,10,17,21H,9H2,1-2H3,(H,19,23). The number of aromatic amines is 1. The zero-order valence-corrected chi connectivity index (χ0v) is 13.7. The zero-order valence-electron chi connectivity index (χ0n) is 12.9. The van der Waals surface area contributed by atoms with Crippen molar-refractivity contribution in [3.05, 3.63) is 58.3 Å². The van der Waals surface area contributed by atoms with E-state index in [1.807, 2.05) is 43.3 Å². The number of nitrogens with one attached hydrogen (secondary N) is 2. The van der Waals surface area contributed by atoms with Crippen molar-refractivity contribution < 1.29 is 9.52 Å². The van der Waals surface area contributed by atoms with Crippen LogP contribution >= 0.6 is 12.2 Å². The molecule has 0 spiro atoms. The molecule has 2 aromatic heterocycles. The Labute approximate surface area is 138 Å². The molecule has 0 saturated carbocycles. The van der Waals surface area contributed by atoms with Crippen LogP contribution in [0.4, 0.5) is 0 Å². The highest BCUT2D eigenvalue weighted by Crippen LogP contribution is 2.24. The Morgan fingerprint density at radius 2 is 2.04 bits per heavy atom. The smallest absolute Gasteiger partial charge is 0.214 e. The number of hydrogen-bond acceptors (Lipinski definition) is 5. The first kappa shape index (κ1) is 15.5. The van der Waals surface area contributed by atoms with Crippen LogP contribution in [0.5, 0.6) is 0 Å². The van der Waals surface area contributed by atoms with Crippen LogP contribution in [-0.4, -0.2) is 20.0 Å². The van der Waals surface area contributed by atoms with Crippen molar-refractivity contribution in [3.8, 4) is 11.3 Å². The number of aromatic nitrogens is 3. The van der Waals surface area contributed by atoms with Gasteiger partial charge in [-0.3, -0.25) is 5.10 Å². The van der Waals surface area contributed by atoms with Crippen LogP contribution in [0.3, 0.4) is 0 Å². The Morgan fingerprint density at radius 3 is 2.65 bits per heavy atom. The van der Waals surface area contributed by atoms with Crippen LogP contribution in [0.1, 0.15) is 30.2 Å². The molecule has 3 N–H and O–H groups in total. The molecule has 0 radical (unpaired) electrons. The quantitative estimate of drug-likeness (QED) is 0.626. The van der Waals surface area contributed by atoms with Gasteiger partial charge in [-0.2, -0.15) is 5.10 Å². The summed E-state index contributed by atoms with van der Waals surface area (Å²) in [6, 6.07) is 11.5. The van der Waals surface area contributed by atoms with E-state index in [0.29, 0.717) is 11.3 Å². The van der Waals surface area contributed by atoms with Gasteiger partial charge in [0.25, 0.3) is 0 Å². The van der Waals surface area contributed by atoms with Gasteiger partial charge in [-0.25, -0.2) is 4.68 Å². The molecule has 3 rings (SSSR count). The lowest BCUT2D eigenvalue weighted by molar-refractivity contribution is 0.199. The monoisotopic (exact) mass is 330 g/mol. The molecule has 1 atom stereocenters. The Morgan fingerprint density at radius 1 is 1.30 bits per heavy atom. The van der Waals surface area contributed by atoms with Crippen LogP contribution < -0.4 is 5.43 Å². The normalized spacial score (nSPS) is 12.3. The highest BCUT2D eigenvalue weighted by atomic mass is 32.1. The summed E-state index contributed by atoms with van der Waals surface area (Å²) in [6.07, 6.45) is -0.469. The van der Waals surface area contributed by atoms with E-state index in [2.05, 4.69) is 15.6 Å². The van der Waals surface area contributed by atoms with Gasteiger partial charge in [0.1, 0.15) is 17.3 Å². The first-order valence-corrected chi connectivity index (χ1v) is 7.70. The molecule has 23 heavy (non-hydrogen) atoms. The third kappa shape index (κ3) is 3.35. The molecule has 0 bridgehead atoms. The van der Waals surface area contributed by atoms with Gasteiger partial charge in [0.05, 0.1) is 12.6 Å². The number of aryl methyl sites for hydroxylation is 1. The molecule has 120 valence electrons. The number of furan rings is 1. The third-order valence-electron chi connectivity index (χ3n) is 3.59. The number of nitrogens with zero attached hydrogens (tertiary/aromatic N) is 2. The maximum absolute atomic E-state index is 9.54. The summed E-state index contributed by atoms with van der Waals surface area (Å²) in [5.74, 6) is 2.34. The van der Waals surface area contributed by atoms with Crippen LogP contribution in [0.15, 0.2) is 40.8 Å². The van der Waals surface area contributed by atoms with Crippen LogP contribution in [0.25, 0.3) is 11.3 Å². The first-order chi connectivity index (χ1) is 11.0. The molecule has 0 fully saturated rings. The largest absolute Gasteiger partial charge is 0.459 e. The van der Waals surface area contributed by atoms with Crippen molar-refractivity contribution in [1.82, 2.24) is 14.9 Å². The number of benzene rings is 1. The fourth-order valence-corrected chi connectivity index (χ4v) is 2.52. The molecular weight excluding hydrogens is 312 g/mol. The van der Waals surface area contributed by atoms with Gasteiger partial charge in [-0.05, 0) is 43.8 Å². The summed E-state index contributed by atoms with van der Waals surface area (Å²) in [6.45, 7) is 4.10. The van der Waals surface area contributed by atoms with Gasteiger partial charge in [0, 0.05) is 5.56 Å². The van der Waals surface area contributed by atoms with E-state index in [0.717, 1.165) is 28.5 Å². The third-order valence-corrected chi connectivity index (χ3v) is 3.86. The second kappa shape index (κ2) is 6.39. The van der Waals surface area contributed by atoms with Gasteiger partial charge in [-0.15, -0.1) is 0 Å². The number of rotatable bonds is 5.